The maximum absolute atomic E-state index is 12.3. The van der Waals surface area contributed by atoms with Crippen LogP contribution in [0.4, 0.5) is 11.4 Å². The summed E-state index contributed by atoms with van der Waals surface area (Å²) in [5.74, 6) is -0.310. The molecule has 0 spiro atoms. The molecule has 0 fully saturated rings. The number of amides is 2. The number of Topliss-reactive ketones (excluding diaryl/α,β-unsaturated/α-hetero) is 1. The summed E-state index contributed by atoms with van der Waals surface area (Å²) in [6, 6.07) is 14.2. The van der Waals surface area contributed by atoms with Crippen molar-refractivity contribution >= 4 is 40.7 Å². The fourth-order valence-electron chi connectivity index (χ4n) is 2.14. The SMILES string of the molecule is CC(=O)Nc1ccc(S[C@H](C)C(=O)Nc2cccc(C(C)=O)c2)cc1. The highest BCUT2D eigenvalue weighted by Gasteiger charge is 2.15. The zero-order valence-corrected chi connectivity index (χ0v) is 15.1. The molecular formula is C19H20N2O3S. The van der Waals surface area contributed by atoms with Crippen LogP contribution in [0.2, 0.25) is 0 Å². The lowest BCUT2D eigenvalue weighted by atomic mass is 10.1. The van der Waals surface area contributed by atoms with Crippen LogP contribution >= 0.6 is 11.8 Å². The van der Waals surface area contributed by atoms with Crippen LogP contribution in [0, 0.1) is 0 Å². The molecule has 2 amide bonds. The molecule has 130 valence electrons. The maximum atomic E-state index is 12.3. The van der Waals surface area contributed by atoms with Gasteiger partial charge in [-0.05, 0) is 50.2 Å². The molecule has 0 aliphatic carbocycles. The van der Waals surface area contributed by atoms with E-state index in [2.05, 4.69) is 10.6 Å². The lowest BCUT2D eigenvalue weighted by molar-refractivity contribution is -0.115. The van der Waals surface area contributed by atoms with Crippen LogP contribution in [0.1, 0.15) is 31.1 Å². The number of rotatable bonds is 6. The Balaban J connectivity index is 1.97. The standard InChI is InChI=1S/C19H20N2O3S/c1-12(22)15-5-4-6-17(11-15)21-19(24)13(2)25-18-9-7-16(8-10-18)20-14(3)23/h4-11,13H,1-3H3,(H,20,23)(H,21,24)/t13-/m1/s1. The molecular weight excluding hydrogens is 336 g/mol. The van der Waals surface area contributed by atoms with Gasteiger partial charge in [-0.1, -0.05) is 12.1 Å². The highest BCUT2D eigenvalue weighted by atomic mass is 32.2. The van der Waals surface area contributed by atoms with E-state index >= 15 is 0 Å². The molecule has 2 rings (SSSR count). The first-order valence-corrected chi connectivity index (χ1v) is 8.69. The van der Waals surface area contributed by atoms with E-state index in [9.17, 15) is 14.4 Å². The van der Waals surface area contributed by atoms with E-state index in [-0.39, 0.29) is 22.8 Å². The van der Waals surface area contributed by atoms with Crippen LogP contribution in [-0.2, 0) is 9.59 Å². The Morgan fingerprint density at radius 1 is 0.920 bits per heavy atom. The monoisotopic (exact) mass is 356 g/mol. The molecule has 0 saturated heterocycles. The first-order valence-electron chi connectivity index (χ1n) is 7.81. The fraction of sp³-hybridized carbons (Fsp3) is 0.211. The molecule has 25 heavy (non-hydrogen) atoms. The van der Waals surface area contributed by atoms with Gasteiger partial charge in [0, 0.05) is 28.8 Å². The third-order valence-electron chi connectivity index (χ3n) is 3.39. The number of hydrogen-bond acceptors (Lipinski definition) is 4. The summed E-state index contributed by atoms with van der Waals surface area (Å²) in [7, 11) is 0. The molecule has 1 atom stereocenters. The number of hydrogen-bond donors (Lipinski definition) is 2. The second-order valence-electron chi connectivity index (χ2n) is 5.59. The number of anilines is 2. The van der Waals surface area contributed by atoms with E-state index in [1.54, 1.807) is 36.4 Å². The van der Waals surface area contributed by atoms with Crippen molar-refractivity contribution in [3.05, 3.63) is 54.1 Å². The molecule has 6 heteroatoms. The van der Waals surface area contributed by atoms with Gasteiger partial charge in [0.2, 0.25) is 11.8 Å². The molecule has 0 heterocycles. The van der Waals surface area contributed by atoms with Gasteiger partial charge >= 0.3 is 0 Å². The van der Waals surface area contributed by atoms with Crippen LogP contribution in [0.25, 0.3) is 0 Å². The number of thioether (sulfide) groups is 1. The number of carbonyl (C=O) groups excluding carboxylic acids is 3. The minimum absolute atomic E-state index is 0.0437. The molecule has 2 aromatic carbocycles. The molecule has 0 unspecified atom stereocenters. The van der Waals surface area contributed by atoms with Crippen LogP contribution in [-0.4, -0.2) is 22.8 Å². The number of nitrogens with one attached hydrogen (secondary N) is 2. The molecule has 0 bridgehead atoms. The average molecular weight is 356 g/mol. The van der Waals surface area contributed by atoms with E-state index in [0.29, 0.717) is 11.3 Å². The molecule has 0 aromatic heterocycles. The predicted molar refractivity (Wildman–Crippen MR) is 101 cm³/mol. The second kappa shape index (κ2) is 8.48. The minimum Gasteiger partial charge on any atom is -0.326 e. The smallest absolute Gasteiger partial charge is 0.237 e. The quantitative estimate of drug-likeness (QED) is 0.607. The maximum Gasteiger partial charge on any atom is 0.237 e. The number of ketones is 1. The fourth-order valence-corrected chi connectivity index (χ4v) is 3.01. The zero-order chi connectivity index (χ0) is 18.4. The summed E-state index contributed by atoms with van der Waals surface area (Å²) in [6.45, 7) is 4.76. The van der Waals surface area contributed by atoms with Crippen molar-refractivity contribution in [2.24, 2.45) is 0 Å². The molecule has 0 aliphatic heterocycles. The Labute approximate surface area is 151 Å². The molecule has 0 saturated carbocycles. The summed E-state index contributed by atoms with van der Waals surface area (Å²) in [5.41, 5.74) is 1.88. The number of benzene rings is 2. The van der Waals surface area contributed by atoms with Gasteiger partial charge in [0.15, 0.2) is 5.78 Å². The lowest BCUT2D eigenvalue weighted by Crippen LogP contribution is -2.22. The van der Waals surface area contributed by atoms with E-state index in [1.807, 2.05) is 19.1 Å². The van der Waals surface area contributed by atoms with Crippen molar-refractivity contribution in [3.8, 4) is 0 Å². The predicted octanol–water partition coefficient (Wildman–Crippen LogP) is 3.97. The summed E-state index contributed by atoms with van der Waals surface area (Å²) >= 11 is 1.42. The zero-order valence-electron chi connectivity index (χ0n) is 14.3. The van der Waals surface area contributed by atoms with Crippen molar-refractivity contribution in [1.82, 2.24) is 0 Å². The Bertz CT molecular complexity index is 788. The molecule has 0 aliphatic rings. The first-order chi connectivity index (χ1) is 11.8. The summed E-state index contributed by atoms with van der Waals surface area (Å²) < 4.78 is 0. The van der Waals surface area contributed by atoms with Crippen LogP contribution < -0.4 is 10.6 Å². The minimum atomic E-state index is -0.312. The summed E-state index contributed by atoms with van der Waals surface area (Å²) in [4.78, 5) is 35.7. The van der Waals surface area contributed by atoms with E-state index < -0.39 is 0 Å². The molecule has 2 aromatic rings. The summed E-state index contributed by atoms with van der Waals surface area (Å²) in [5, 5.41) is 5.21. The van der Waals surface area contributed by atoms with Gasteiger partial charge in [-0.3, -0.25) is 14.4 Å². The third kappa shape index (κ3) is 5.76. The van der Waals surface area contributed by atoms with E-state index in [0.717, 1.165) is 10.6 Å². The first kappa shape index (κ1) is 18.7. The van der Waals surface area contributed by atoms with Crippen molar-refractivity contribution < 1.29 is 14.4 Å². The Morgan fingerprint density at radius 3 is 2.20 bits per heavy atom. The van der Waals surface area contributed by atoms with Gasteiger partial charge in [0.1, 0.15) is 0 Å². The summed E-state index contributed by atoms with van der Waals surface area (Å²) in [6.07, 6.45) is 0. The Morgan fingerprint density at radius 2 is 1.60 bits per heavy atom. The topological polar surface area (TPSA) is 75.3 Å². The van der Waals surface area contributed by atoms with Crippen molar-refractivity contribution in [3.63, 3.8) is 0 Å². The van der Waals surface area contributed by atoms with Gasteiger partial charge in [0.05, 0.1) is 5.25 Å². The molecule has 5 nitrogen and oxygen atoms in total. The van der Waals surface area contributed by atoms with E-state index in [1.165, 1.54) is 25.6 Å². The van der Waals surface area contributed by atoms with Crippen LogP contribution in [0.5, 0.6) is 0 Å². The van der Waals surface area contributed by atoms with Gasteiger partial charge in [-0.25, -0.2) is 0 Å². The van der Waals surface area contributed by atoms with Crippen LogP contribution in [0.15, 0.2) is 53.4 Å². The Hall–Kier alpha value is -2.60. The normalized spacial score (nSPS) is 11.5. The highest BCUT2D eigenvalue weighted by molar-refractivity contribution is 8.00. The molecule has 0 radical (unpaired) electrons. The van der Waals surface area contributed by atoms with Crippen LogP contribution in [0.3, 0.4) is 0 Å². The Kier molecular flexibility index (Phi) is 6.36. The largest absolute Gasteiger partial charge is 0.326 e. The van der Waals surface area contributed by atoms with Gasteiger partial charge < -0.3 is 10.6 Å². The number of carbonyl (C=O) groups is 3. The second-order valence-corrected chi connectivity index (χ2v) is 7.01. The van der Waals surface area contributed by atoms with Crippen molar-refractivity contribution in [1.29, 1.82) is 0 Å². The highest BCUT2D eigenvalue weighted by Crippen LogP contribution is 2.25. The molecule has 2 N–H and O–H groups in total. The average Bonchev–Trinajstić information content (AvgIpc) is 2.56. The van der Waals surface area contributed by atoms with Gasteiger partial charge in [-0.2, -0.15) is 0 Å². The van der Waals surface area contributed by atoms with Gasteiger partial charge in [-0.15, -0.1) is 11.8 Å². The third-order valence-corrected chi connectivity index (χ3v) is 4.51. The van der Waals surface area contributed by atoms with Crippen molar-refractivity contribution in [2.75, 3.05) is 10.6 Å². The van der Waals surface area contributed by atoms with Gasteiger partial charge in [0.25, 0.3) is 0 Å². The van der Waals surface area contributed by atoms with Crippen molar-refractivity contribution in [2.45, 2.75) is 30.9 Å². The lowest BCUT2D eigenvalue weighted by Gasteiger charge is -2.13. The van der Waals surface area contributed by atoms with E-state index in [4.69, 9.17) is 0 Å².